The largest absolute Gasteiger partial charge is 0.477 e. The average Bonchev–Trinajstić information content (AvgIpc) is 3.87. The van der Waals surface area contributed by atoms with Crippen molar-refractivity contribution in [3.8, 4) is 0 Å². The zero-order chi connectivity index (χ0) is 47.4. The van der Waals surface area contributed by atoms with Gasteiger partial charge in [0, 0.05) is 80.1 Å². The van der Waals surface area contributed by atoms with E-state index in [4.69, 9.17) is 22.3 Å². The number of carbonyl (C=O) groups is 1. The van der Waals surface area contributed by atoms with Crippen LogP contribution in [0.15, 0.2) is 50.2 Å². The van der Waals surface area contributed by atoms with Crippen LogP contribution in [0.5, 0.6) is 0 Å². The molecule has 6 heterocycles. The van der Waals surface area contributed by atoms with Crippen LogP contribution < -0.4 is 37.4 Å². The van der Waals surface area contributed by atoms with Crippen molar-refractivity contribution in [1.82, 2.24) is 24.4 Å². The van der Waals surface area contributed by atoms with E-state index in [1.54, 1.807) is 15.7 Å². The van der Waals surface area contributed by atoms with Gasteiger partial charge in [-0.2, -0.15) is 0 Å². The molecule has 2 aliphatic heterocycles. The van der Waals surface area contributed by atoms with E-state index < -0.39 is 34.1 Å². The fourth-order valence-corrected chi connectivity index (χ4v) is 8.58. The number of nitrogens with two attached hydrogens (primary N) is 2. The van der Waals surface area contributed by atoms with Crippen molar-refractivity contribution in [3.63, 3.8) is 0 Å². The Balaban J connectivity index is 0.876. The summed E-state index contributed by atoms with van der Waals surface area (Å²) in [6.45, 7) is 13.9. The molecule has 2 saturated heterocycles. The summed E-state index contributed by atoms with van der Waals surface area (Å²) < 4.78 is 34.2. The van der Waals surface area contributed by atoms with Gasteiger partial charge in [0.2, 0.25) is 5.43 Å². The molecule has 0 amide bonds. The van der Waals surface area contributed by atoms with Crippen molar-refractivity contribution >= 4 is 63.0 Å². The predicted molar refractivity (Wildman–Crippen MR) is 253 cm³/mol. The molecule has 2 aliphatic rings. The van der Waals surface area contributed by atoms with Crippen LogP contribution >= 0.6 is 0 Å². The van der Waals surface area contributed by atoms with Crippen molar-refractivity contribution in [1.29, 1.82) is 10.8 Å². The third-order valence-corrected chi connectivity index (χ3v) is 11.9. The summed E-state index contributed by atoms with van der Waals surface area (Å²) in [4.78, 5) is 58.8. The standard InChI is InChI=1S/C46H63F2N13O4/c1-45(2,3)60-19-15-36(62)31-22-34(47)40(55-38(31)60)58-17-13-27(24-58)20-29(50)21-28(49)12-10-8-7-9-11-16-53-43(51)57-44(52)54-30-14-18-59(25-30)41-35(48)23-32-37(63)33(42(64)65)26-61(39(32)56-41)46(4,5)6/h15,19,22-23,26-27,30,49-50H,7-14,16-18,20-21,24-25H2,1-6H3,(H,64,65)(H5,51,52,53,54,57). The average molecular weight is 900 g/mol. The quantitative estimate of drug-likeness (QED) is 0.0427. The molecule has 0 radical (unpaired) electrons. The summed E-state index contributed by atoms with van der Waals surface area (Å²) >= 11 is 0. The number of unbranched alkanes of at least 4 members (excludes halogenated alkanes) is 4. The lowest BCUT2D eigenvalue weighted by molar-refractivity contribution is 0.0694. The van der Waals surface area contributed by atoms with E-state index in [2.05, 4.69) is 25.3 Å². The topological polar surface area (TPSA) is 250 Å². The molecular weight excluding hydrogens is 837 g/mol. The van der Waals surface area contributed by atoms with Gasteiger partial charge in [-0.1, -0.05) is 19.3 Å². The van der Waals surface area contributed by atoms with Crippen LogP contribution in [0.3, 0.4) is 0 Å². The lowest BCUT2D eigenvalue weighted by atomic mass is 9.96. The van der Waals surface area contributed by atoms with E-state index in [0.29, 0.717) is 75.5 Å². The molecule has 2 fully saturated rings. The van der Waals surface area contributed by atoms with E-state index in [0.717, 1.165) is 44.6 Å². The minimum Gasteiger partial charge on any atom is -0.477 e. The number of pyridine rings is 4. The second kappa shape index (κ2) is 19.9. The predicted octanol–water partition coefficient (Wildman–Crippen LogP) is 6.08. The number of nitrogens with zero attached hydrogens (tertiary/aromatic N) is 8. The molecule has 17 nitrogen and oxygen atoms in total. The Morgan fingerprint density at radius 2 is 1.45 bits per heavy atom. The molecule has 0 saturated carbocycles. The highest BCUT2D eigenvalue weighted by Crippen LogP contribution is 2.31. The van der Waals surface area contributed by atoms with Gasteiger partial charge in [-0.25, -0.2) is 28.5 Å². The number of aliphatic imine (C=N–C) groups is 2. The molecule has 0 aromatic carbocycles. The van der Waals surface area contributed by atoms with Crippen LogP contribution in [-0.2, 0) is 11.1 Å². The number of hydrogen-bond donors (Lipinski definition) is 6. The van der Waals surface area contributed by atoms with Crippen LogP contribution in [0.25, 0.3) is 22.1 Å². The second-order valence-electron chi connectivity index (χ2n) is 19.3. The SMILES string of the molecule is CC(C)(C)n1ccc(=O)c2cc(F)c(N3CCC(CC(=N)CC(=N)CCCCCCCN=C(N)NC(N)=NC4CCN(c5nc6c(cc5F)c(=O)c(C(=O)O)cn6C(C)(C)C)C4)C3)nc21. The molecule has 0 aliphatic carbocycles. The normalized spacial score (nSPS) is 17.4. The lowest BCUT2D eigenvalue weighted by Gasteiger charge is -2.26. The minimum atomic E-state index is -1.39. The first-order chi connectivity index (χ1) is 30.6. The van der Waals surface area contributed by atoms with Crippen molar-refractivity contribution in [2.75, 3.05) is 42.5 Å². The molecule has 19 heteroatoms. The van der Waals surface area contributed by atoms with Crippen molar-refractivity contribution in [3.05, 3.63) is 68.2 Å². The van der Waals surface area contributed by atoms with Gasteiger partial charge in [-0.05, 0) is 98.1 Å². The van der Waals surface area contributed by atoms with Crippen molar-refractivity contribution in [2.24, 2.45) is 27.4 Å². The second-order valence-corrected chi connectivity index (χ2v) is 19.3. The summed E-state index contributed by atoms with van der Waals surface area (Å²) in [5.41, 5.74) is 11.4. The number of carboxylic acids is 1. The van der Waals surface area contributed by atoms with Crippen LogP contribution in [0.4, 0.5) is 20.4 Å². The summed E-state index contributed by atoms with van der Waals surface area (Å²) in [5.74, 6) is -2.01. The zero-order valence-corrected chi connectivity index (χ0v) is 38.3. The third-order valence-electron chi connectivity index (χ3n) is 11.9. The molecule has 0 spiro atoms. The fourth-order valence-electron chi connectivity index (χ4n) is 8.58. The molecule has 65 heavy (non-hydrogen) atoms. The monoisotopic (exact) mass is 900 g/mol. The van der Waals surface area contributed by atoms with E-state index in [1.165, 1.54) is 18.3 Å². The third kappa shape index (κ3) is 11.7. The Kier molecular flexibility index (Phi) is 14.7. The number of nitrogens with one attached hydrogen (secondary N) is 3. The van der Waals surface area contributed by atoms with E-state index in [-0.39, 0.29) is 62.9 Å². The number of rotatable bonds is 16. The number of aromatic nitrogens is 4. The van der Waals surface area contributed by atoms with Crippen LogP contribution in [0.1, 0.15) is 116 Å². The Hall–Kier alpha value is -6.27. The van der Waals surface area contributed by atoms with Gasteiger partial charge in [0.25, 0.3) is 0 Å². The maximum Gasteiger partial charge on any atom is 0.341 e. The molecule has 2 unspecified atom stereocenters. The summed E-state index contributed by atoms with van der Waals surface area (Å²) in [7, 11) is 0. The highest BCUT2D eigenvalue weighted by Gasteiger charge is 2.30. The van der Waals surface area contributed by atoms with E-state index in [9.17, 15) is 19.5 Å². The number of anilines is 2. The van der Waals surface area contributed by atoms with Gasteiger partial charge in [0.05, 0.1) is 16.8 Å². The number of aromatic carboxylic acids is 1. The van der Waals surface area contributed by atoms with Gasteiger partial charge in [0.1, 0.15) is 16.9 Å². The smallest absolute Gasteiger partial charge is 0.341 e. The van der Waals surface area contributed by atoms with Crippen molar-refractivity contribution < 1.29 is 18.7 Å². The Morgan fingerprint density at radius 1 is 0.846 bits per heavy atom. The van der Waals surface area contributed by atoms with Gasteiger partial charge in [-0.3, -0.25) is 19.9 Å². The highest BCUT2D eigenvalue weighted by molar-refractivity contribution is 6.02. The fraction of sp³-hybridized carbons (Fsp3) is 0.543. The number of fused-ring (bicyclic) bond motifs is 2. The molecule has 350 valence electrons. The first-order valence-corrected chi connectivity index (χ1v) is 22.4. The van der Waals surface area contributed by atoms with E-state index >= 15 is 8.78 Å². The number of halogens is 2. The van der Waals surface area contributed by atoms with Crippen LogP contribution in [0.2, 0.25) is 0 Å². The lowest BCUT2D eigenvalue weighted by Crippen LogP contribution is -2.42. The molecule has 2 atom stereocenters. The molecule has 8 N–H and O–H groups in total. The minimum absolute atomic E-state index is 0.0404. The van der Waals surface area contributed by atoms with Crippen LogP contribution in [-0.4, -0.2) is 92.3 Å². The Morgan fingerprint density at radius 3 is 2.11 bits per heavy atom. The van der Waals surface area contributed by atoms with Gasteiger partial charge >= 0.3 is 5.97 Å². The molecular formula is C46H63F2N13O4. The zero-order valence-electron chi connectivity index (χ0n) is 38.3. The summed E-state index contributed by atoms with van der Waals surface area (Å²) in [5, 5.41) is 29.6. The highest BCUT2D eigenvalue weighted by atomic mass is 19.1. The number of hydrogen-bond acceptors (Lipinski definition) is 11. The van der Waals surface area contributed by atoms with E-state index in [1.807, 2.05) is 51.0 Å². The molecule has 4 aromatic rings. The maximum absolute atomic E-state index is 15.4. The summed E-state index contributed by atoms with van der Waals surface area (Å²) in [6.07, 6.45) is 10.4. The number of carboxylic acid groups (broad SMARTS) is 1. The Bertz CT molecular complexity index is 2640. The molecule has 6 rings (SSSR count). The van der Waals surface area contributed by atoms with Gasteiger partial charge < -0.3 is 46.3 Å². The molecule has 0 bridgehead atoms. The van der Waals surface area contributed by atoms with Gasteiger partial charge in [-0.15, -0.1) is 0 Å². The van der Waals surface area contributed by atoms with Gasteiger partial charge in [0.15, 0.2) is 40.6 Å². The summed E-state index contributed by atoms with van der Waals surface area (Å²) in [6, 6.07) is 3.50. The maximum atomic E-state index is 15.4. The number of guanidine groups is 2. The first kappa shape index (κ1) is 48.2. The first-order valence-electron chi connectivity index (χ1n) is 22.4. The van der Waals surface area contributed by atoms with Crippen LogP contribution in [0, 0.1) is 28.4 Å². The van der Waals surface area contributed by atoms with Crippen molar-refractivity contribution in [2.45, 2.75) is 123 Å². The Labute approximate surface area is 377 Å². The molecule has 4 aromatic heterocycles.